The quantitative estimate of drug-likeness (QED) is 0.698. The van der Waals surface area contributed by atoms with Gasteiger partial charge in [-0.15, -0.1) is 0 Å². The molecule has 1 aliphatic carbocycles. The molecule has 0 amide bonds. The van der Waals surface area contributed by atoms with Crippen LogP contribution >= 0.6 is 0 Å². The fraction of sp³-hybridized carbons (Fsp3) is 1.00. The van der Waals surface area contributed by atoms with Gasteiger partial charge in [-0.2, -0.15) is 0 Å². The summed E-state index contributed by atoms with van der Waals surface area (Å²) in [5, 5.41) is 0. The molecule has 1 aliphatic heterocycles. The van der Waals surface area contributed by atoms with Gasteiger partial charge in [-0.1, -0.05) is 0 Å². The lowest BCUT2D eigenvalue weighted by molar-refractivity contribution is 0.257. The Labute approximate surface area is 93.6 Å². The SMILES string of the molecule is CN(CC1CC1)CC1CCN(CCN)C1. The van der Waals surface area contributed by atoms with Crippen LogP contribution in [0.15, 0.2) is 0 Å². The van der Waals surface area contributed by atoms with Gasteiger partial charge in [0.25, 0.3) is 0 Å². The van der Waals surface area contributed by atoms with Gasteiger partial charge < -0.3 is 15.5 Å². The van der Waals surface area contributed by atoms with Gasteiger partial charge in [0.05, 0.1) is 0 Å². The summed E-state index contributed by atoms with van der Waals surface area (Å²) in [5.74, 6) is 1.91. The molecular formula is C12H25N3. The van der Waals surface area contributed by atoms with Gasteiger partial charge in [0.1, 0.15) is 0 Å². The summed E-state index contributed by atoms with van der Waals surface area (Å²) in [5.41, 5.74) is 5.58. The summed E-state index contributed by atoms with van der Waals surface area (Å²) in [4.78, 5) is 5.05. The summed E-state index contributed by atoms with van der Waals surface area (Å²) in [7, 11) is 2.28. The van der Waals surface area contributed by atoms with Crippen LogP contribution in [0.5, 0.6) is 0 Å². The summed E-state index contributed by atoms with van der Waals surface area (Å²) in [6.07, 6.45) is 4.30. The molecule has 0 spiro atoms. The van der Waals surface area contributed by atoms with Gasteiger partial charge in [-0.3, -0.25) is 0 Å². The predicted molar refractivity (Wildman–Crippen MR) is 63.8 cm³/mol. The number of hydrogen-bond acceptors (Lipinski definition) is 3. The van der Waals surface area contributed by atoms with Gasteiger partial charge >= 0.3 is 0 Å². The Morgan fingerprint density at radius 1 is 1.20 bits per heavy atom. The smallest absolute Gasteiger partial charge is 0.0105 e. The summed E-state index contributed by atoms with van der Waals surface area (Å²) in [6.45, 7) is 7.05. The molecule has 0 aromatic carbocycles. The molecule has 0 radical (unpaired) electrons. The van der Waals surface area contributed by atoms with Crippen LogP contribution < -0.4 is 5.73 Å². The van der Waals surface area contributed by atoms with Crippen LogP contribution in [-0.2, 0) is 0 Å². The number of hydrogen-bond donors (Lipinski definition) is 1. The molecule has 3 heteroatoms. The molecule has 1 unspecified atom stereocenters. The van der Waals surface area contributed by atoms with E-state index in [4.69, 9.17) is 5.73 Å². The van der Waals surface area contributed by atoms with Crippen LogP contribution in [0, 0.1) is 11.8 Å². The molecule has 3 nitrogen and oxygen atoms in total. The highest BCUT2D eigenvalue weighted by Crippen LogP contribution is 2.29. The Kier molecular flexibility index (Phi) is 4.00. The predicted octanol–water partition coefficient (Wildman–Crippen LogP) is 0.609. The van der Waals surface area contributed by atoms with Crippen LogP contribution in [0.1, 0.15) is 19.3 Å². The molecule has 2 fully saturated rings. The van der Waals surface area contributed by atoms with E-state index in [1.165, 1.54) is 45.4 Å². The molecule has 0 aromatic rings. The molecule has 1 atom stereocenters. The normalized spacial score (nSPS) is 27.8. The van der Waals surface area contributed by atoms with Crippen molar-refractivity contribution >= 4 is 0 Å². The van der Waals surface area contributed by atoms with Crippen molar-refractivity contribution in [3.8, 4) is 0 Å². The first kappa shape index (κ1) is 11.4. The van der Waals surface area contributed by atoms with Gasteiger partial charge in [-0.25, -0.2) is 0 Å². The minimum atomic E-state index is 0.810. The van der Waals surface area contributed by atoms with E-state index in [9.17, 15) is 0 Å². The van der Waals surface area contributed by atoms with E-state index in [2.05, 4.69) is 16.8 Å². The van der Waals surface area contributed by atoms with E-state index in [1.54, 1.807) is 0 Å². The zero-order chi connectivity index (χ0) is 10.7. The minimum absolute atomic E-state index is 0.810. The van der Waals surface area contributed by atoms with Crippen LogP contribution in [0.25, 0.3) is 0 Å². The third-order valence-electron chi connectivity index (χ3n) is 3.65. The Balaban J connectivity index is 1.62. The first-order chi connectivity index (χ1) is 7.28. The van der Waals surface area contributed by atoms with E-state index in [0.29, 0.717) is 0 Å². The largest absolute Gasteiger partial charge is 0.329 e. The molecule has 1 heterocycles. The highest BCUT2D eigenvalue weighted by atomic mass is 15.2. The second kappa shape index (κ2) is 5.28. The topological polar surface area (TPSA) is 32.5 Å². The molecular weight excluding hydrogens is 186 g/mol. The van der Waals surface area contributed by atoms with Crippen molar-refractivity contribution in [1.82, 2.24) is 9.80 Å². The maximum absolute atomic E-state index is 5.58. The Morgan fingerprint density at radius 3 is 2.60 bits per heavy atom. The number of nitrogens with two attached hydrogens (primary N) is 1. The third kappa shape index (κ3) is 3.74. The maximum Gasteiger partial charge on any atom is 0.0105 e. The summed E-state index contributed by atoms with van der Waals surface area (Å²) in [6, 6.07) is 0. The van der Waals surface area contributed by atoms with Crippen molar-refractivity contribution in [2.45, 2.75) is 19.3 Å². The number of likely N-dealkylation sites (tertiary alicyclic amines) is 1. The standard InChI is InChI=1S/C12H25N3/c1-14(8-11-2-3-11)9-12-4-6-15(10-12)7-5-13/h11-12H,2-10,13H2,1H3. The Hall–Kier alpha value is -0.120. The number of rotatable bonds is 6. The highest BCUT2D eigenvalue weighted by Gasteiger charge is 2.26. The second-order valence-electron chi connectivity index (χ2n) is 5.41. The third-order valence-corrected chi connectivity index (χ3v) is 3.65. The maximum atomic E-state index is 5.58. The minimum Gasteiger partial charge on any atom is -0.329 e. The molecule has 1 saturated heterocycles. The van der Waals surface area contributed by atoms with Crippen LogP contribution in [0.4, 0.5) is 0 Å². The van der Waals surface area contributed by atoms with E-state index in [1.807, 2.05) is 0 Å². The van der Waals surface area contributed by atoms with Crippen LogP contribution in [-0.4, -0.2) is 56.1 Å². The highest BCUT2D eigenvalue weighted by molar-refractivity contribution is 4.80. The Morgan fingerprint density at radius 2 is 1.93 bits per heavy atom. The lowest BCUT2D eigenvalue weighted by Gasteiger charge is -2.21. The van der Waals surface area contributed by atoms with Crippen molar-refractivity contribution in [3.05, 3.63) is 0 Å². The fourth-order valence-electron chi connectivity index (χ4n) is 2.70. The molecule has 0 aromatic heterocycles. The molecule has 1 saturated carbocycles. The van der Waals surface area contributed by atoms with Gasteiger partial charge in [0.2, 0.25) is 0 Å². The van der Waals surface area contributed by atoms with E-state index in [-0.39, 0.29) is 0 Å². The second-order valence-corrected chi connectivity index (χ2v) is 5.41. The van der Waals surface area contributed by atoms with Crippen molar-refractivity contribution in [2.75, 3.05) is 46.3 Å². The lowest BCUT2D eigenvalue weighted by atomic mass is 10.1. The molecule has 15 heavy (non-hydrogen) atoms. The average Bonchev–Trinajstić information content (AvgIpc) is 2.88. The molecule has 2 aliphatic rings. The van der Waals surface area contributed by atoms with Gasteiger partial charge in [0, 0.05) is 32.7 Å². The monoisotopic (exact) mass is 211 g/mol. The molecule has 2 rings (SSSR count). The van der Waals surface area contributed by atoms with Crippen LogP contribution in [0.2, 0.25) is 0 Å². The van der Waals surface area contributed by atoms with E-state index >= 15 is 0 Å². The summed E-state index contributed by atoms with van der Waals surface area (Å²) >= 11 is 0. The summed E-state index contributed by atoms with van der Waals surface area (Å²) < 4.78 is 0. The first-order valence-electron chi connectivity index (χ1n) is 6.39. The first-order valence-corrected chi connectivity index (χ1v) is 6.39. The fourth-order valence-corrected chi connectivity index (χ4v) is 2.70. The van der Waals surface area contributed by atoms with Crippen molar-refractivity contribution in [1.29, 1.82) is 0 Å². The number of nitrogens with zero attached hydrogens (tertiary/aromatic N) is 2. The van der Waals surface area contributed by atoms with Crippen molar-refractivity contribution in [2.24, 2.45) is 17.6 Å². The molecule has 0 bridgehead atoms. The zero-order valence-corrected chi connectivity index (χ0v) is 9.99. The zero-order valence-electron chi connectivity index (χ0n) is 9.99. The van der Waals surface area contributed by atoms with E-state index < -0.39 is 0 Å². The van der Waals surface area contributed by atoms with Gasteiger partial charge in [0.15, 0.2) is 0 Å². The molecule has 2 N–H and O–H groups in total. The van der Waals surface area contributed by atoms with E-state index in [0.717, 1.165) is 24.9 Å². The van der Waals surface area contributed by atoms with Gasteiger partial charge in [-0.05, 0) is 44.7 Å². The average molecular weight is 211 g/mol. The molecule has 88 valence electrons. The van der Waals surface area contributed by atoms with Crippen molar-refractivity contribution < 1.29 is 0 Å². The van der Waals surface area contributed by atoms with Crippen molar-refractivity contribution in [3.63, 3.8) is 0 Å². The van der Waals surface area contributed by atoms with Crippen LogP contribution in [0.3, 0.4) is 0 Å². The Bertz CT molecular complexity index is 191. The lowest BCUT2D eigenvalue weighted by Crippen LogP contribution is -2.31.